The Bertz CT molecular complexity index is 811. The number of rotatable bonds is 6. The topological polar surface area (TPSA) is 53.0 Å². The molecule has 2 aliphatic rings. The minimum Gasteiger partial charge on any atom is -0.490 e. The van der Waals surface area contributed by atoms with Crippen molar-refractivity contribution in [3.8, 4) is 5.75 Å². The molecule has 30 heavy (non-hydrogen) atoms. The largest absolute Gasteiger partial charge is 0.490 e. The highest BCUT2D eigenvalue weighted by Crippen LogP contribution is 2.20. The number of likely N-dealkylation sites (tertiary alicyclic amines) is 1. The second kappa shape index (κ2) is 10.3. The predicted octanol–water partition coefficient (Wildman–Crippen LogP) is 3.69. The van der Waals surface area contributed by atoms with Gasteiger partial charge in [0.1, 0.15) is 17.7 Å². The summed E-state index contributed by atoms with van der Waals surface area (Å²) in [7, 11) is 0. The maximum absolute atomic E-state index is 6.14. The van der Waals surface area contributed by atoms with Crippen LogP contribution in [0.15, 0.2) is 53.7 Å². The van der Waals surface area contributed by atoms with Crippen molar-refractivity contribution >= 4 is 11.8 Å². The SMILES string of the molecule is CCNC(=NCc1ccnc(N2CCCC2)c1)N1CCC(Oc2ccccc2)CC1. The van der Waals surface area contributed by atoms with Gasteiger partial charge in [0.15, 0.2) is 5.96 Å². The molecule has 1 aromatic heterocycles. The summed E-state index contributed by atoms with van der Waals surface area (Å²) in [4.78, 5) is 14.2. The molecular weight excluding hydrogens is 374 g/mol. The number of guanidine groups is 1. The van der Waals surface area contributed by atoms with Crippen molar-refractivity contribution in [3.63, 3.8) is 0 Å². The van der Waals surface area contributed by atoms with Gasteiger partial charge in [-0.15, -0.1) is 0 Å². The summed E-state index contributed by atoms with van der Waals surface area (Å²) >= 11 is 0. The predicted molar refractivity (Wildman–Crippen MR) is 122 cm³/mol. The van der Waals surface area contributed by atoms with Gasteiger partial charge in [0, 0.05) is 51.8 Å². The molecule has 0 atom stereocenters. The number of hydrogen-bond donors (Lipinski definition) is 1. The van der Waals surface area contributed by atoms with E-state index in [1.807, 2.05) is 36.5 Å². The van der Waals surface area contributed by atoms with Gasteiger partial charge < -0.3 is 19.9 Å². The Morgan fingerprint density at radius 2 is 1.87 bits per heavy atom. The average molecular weight is 408 g/mol. The van der Waals surface area contributed by atoms with Crippen LogP contribution in [0.3, 0.4) is 0 Å². The molecule has 6 heteroatoms. The molecule has 1 aromatic carbocycles. The molecule has 0 bridgehead atoms. The first-order valence-electron chi connectivity index (χ1n) is 11.3. The van der Waals surface area contributed by atoms with Gasteiger partial charge in [-0.2, -0.15) is 0 Å². The highest BCUT2D eigenvalue weighted by Gasteiger charge is 2.22. The molecule has 2 aliphatic heterocycles. The first kappa shape index (κ1) is 20.5. The molecule has 1 N–H and O–H groups in total. The third-order valence-electron chi connectivity index (χ3n) is 5.77. The minimum atomic E-state index is 0.273. The smallest absolute Gasteiger partial charge is 0.194 e. The van der Waals surface area contributed by atoms with Crippen LogP contribution in [0.5, 0.6) is 5.75 Å². The molecule has 0 spiro atoms. The fraction of sp³-hybridized carbons (Fsp3) is 0.500. The van der Waals surface area contributed by atoms with Crippen LogP contribution in [0.4, 0.5) is 5.82 Å². The van der Waals surface area contributed by atoms with Crippen LogP contribution in [0.25, 0.3) is 0 Å². The van der Waals surface area contributed by atoms with Gasteiger partial charge in [-0.3, -0.25) is 0 Å². The third kappa shape index (κ3) is 5.43. The van der Waals surface area contributed by atoms with E-state index in [0.717, 1.165) is 63.1 Å². The lowest BCUT2D eigenvalue weighted by Gasteiger charge is -2.34. The van der Waals surface area contributed by atoms with E-state index in [4.69, 9.17) is 9.73 Å². The van der Waals surface area contributed by atoms with Crippen molar-refractivity contribution in [3.05, 3.63) is 54.2 Å². The van der Waals surface area contributed by atoms with Crippen molar-refractivity contribution in [1.29, 1.82) is 0 Å². The molecule has 2 fully saturated rings. The molecule has 2 aromatic rings. The number of ether oxygens (including phenoxy) is 1. The van der Waals surface area contributed by atoms with E-state index in [0.29, 0.717) is 6.54 Å². The van der Waals surface area contributed by atoms with E-state index >= 15 is 0 Å². The quantitative estimate of drug-likeness (QED) is 0.585. The Balaban J connectivity index is 1.34. The normalized spacial score (nSPS) is 18.0. The molecule has 3 heterocycles. The Labute approximate surface area is 180 Å². The summed E-state index contributed by atoms with van der Waals surface area (Å²) in [6.45, 7) is 7.81. The summed E-state index contributed by atoms with van der Waals surface area (Å²) in [5.74, 6) is 3.04. The van der Waals surface area contributed by atoms with Crippen LogP contribution in [0.2, 0.25) is 0 Å². The summed E-state index contributed by atoms with van der Waals surface area (Å²) in [5.41, 5.74) is 1.21. The molecule has 0 amide bonds. The van der Waals surface area contributed by atoms with E-state index in [9.17, 15) is 0 Å². The highest BCUT2D eigenvalue weighted by atomic mass is 16.5. The van der Waals surface area contributed by atoms with Crippen molar-refractivity contribution in [2.24, 2.45) is 4.99 Å². The number of nitrogens with one attached hydrogen (secondary N) is 1. The number of piperidine rings is 1. The summed E-state index contributed by atoms with van der Waals surface area (Å²) in [6.07, 6.45) is 6.73. The van der Waals surface area contributed by atoms with Crippen LogP contribution >= 0.6 is 0 Å². The standard InChI is InChI=1S/C24H33N5O/c1-2-25-24(27-19-20-10-13-26-23(18-20)28-14-6-7-15-28)29-16-11-22(12-17-29)30-21-8-4-3-5-9-21/h3-5,8-10,13,18,22H,2,6-7,11-12,14-17,19H2,1H3,(H,25,27). The van der Waals surface area contributed by atoms with Crippen molar-refractivity contribution in [1.82, 2.24) is 15.2 Å². The fourth-order valence-corrected chi connectivity index (χ4v) is 4.15. The van der Waals surface area contributed by atoms with Crippen molar-refractivity contribution < 1.29 is 4.74 Å². The van der Waals surface area contributed by atoms with Gasteiger partial charge in [-0.25, -0.2) is 9.98 Å². The summed E-state index contributed by atoms with van der Waals surface area (Å²) in [5, 5.41) is 3.47. The number of para-hydroxylation sites is 1. The van der Waals surface area contributed by atoms with Crippen molar-refractivity contribution in [2.45, 2.75) is 45.3 Å². The number of anilines is 1. The molecule has 0 aliphatic carbocycles. The molecular formula is C24H33N5O. The number of aliphatic imine (C=N–C) groups is 1. The van der Waals surface area contributed by atoms with E-state index < -0.39 is 0 Å². The zero-order chi connectivity index (χ0) is 20.6. The van der Waals surface area contributed by atoms with Gasteiger partial charge in [0.25, 0.3) is 0 Å². The number of benzene rings is 1. The summed E-state index contributed by atoms with van der Waals surface area (Å²) in [6, 6.07) is 14.4. The molecule has 0 radical (unpaired) electrons. The Hall–Kier alpha value is -2.76. The first-order chi connectivity index (χ1) is 14.8. The number of hydrogen-bond acceptors (Lipinski definition) is 4. The fourth-order valence-electron chi connectivity index (χ4n) is 4.15. The zero-order valence-electron chi connectivity index (χ0n) is 18.0. The molecule has 4 rings (SSSR count). The van der Waals surface area contributed by atoms with Crippen LogP contribution < -0.4 is 15.0 Å². The Morgan fingerprint density at radius 3 is 2.60 bits per heavy atom. The van der Waals surface area contributed by atoms with Crippen LogP contribution in [-0.4, -0.2) is 54.7 Å². The van der Waals surface area contributed by atoms with Crippen LogP contribution in [-0.2, 0) is 6.54 Å². The molecule has 0 saturated carbocycles. The Kier molecular flexibility index (Phi) is 7.06. The van der Waals surface area contributed by atoms with E-state index in [1.165, 1.54) is 18.4 Å². The molecule has 0 unspecified atom stereocenters. The molecule has 2 saturated heterocycles. The summed E-state index contributed by atoms with van der Waals surface area (Å²) < 4.78 is 6.14. The van der Waals surface area contributed by atoms with Crippen molar-refractivity contribution in [2.75, 3.05) is 37.6 Å². The molecule has 6 nitrogen and oxygen atoms in total. The van der Waals surface area contributed by atoms with Gasteiger partial charge in [0.2, 0.25) is 0 Å². The minimum absolute atomic E-state index is 0.273. The molecule has 160 valence electrons. The maximum Gasteiger partial charge on any atom is 0.194 e. The number of aromatic nitrogens is 1. The lowest BCUT2D eigenvalue weighted by Crippen LogP contribution is -2.47. The first-order valence-corrected chi connectivity index (χ1v) is 11.3. The monoisotopic (exact) mass is 407 g/mol. The highest BCUT2D eigenvalue weighted by molar-refractivity contribution is 5.80. The van der Waals surface area contributed by atoms with E-state index in [1.54, 1.807) is 0 Å². The van der Waals surface area contributed by atoms with E-state index in [-0.39, 0.29) is 6.10 Å². The van der Waals surface area contributed by atoms with Crippen LogP contribution in [0.1, 0.15) is 38.2 Å². The lowest BCUT2D eigenvalue weighted by molar-refractivity contribution is 0.129. The second-order valence-corrected chi connectivity index (χ2v) is 8.00. The van der Waals surface area contributed by atoms with Gasteiger partial charge in [0.05, 0.1) is 6.54 Å². The average Bonchev–Trinajstić information content (AvgIpc) is 3.33. The Morgan fingerprint density at radius 1 is 1.10 bits per heavy atom. The third-order valence-corrected chi connectivity index (χ3v) is 5.77. The van der Waals surface area contributed by atoms with E-state index in [2.05, 4.69) is 39.2 Å². The number of pyridine rings is 1. The van der Waals surface area contributed by atoms with Crippen LogP contribution in [0, 0.1) is 0 Å². The van der Waals surface area contributed by atoms with Gasteiger partial charge in [-0.05, 0) is 49.6 Å². The van der Waals surface area contributed by atoms with Gasteiger partial charge >= 0.3 is 0 Å². The maximum atomic E-state index is 6.14. The zero-order valence-corrected chi connectivity index (χ0v) is 18.0. The number of nitrogens with zero attached hydrogens (tertiary/aromatic N) is 4. The lowest BCUT2D eigenvalue weighted by atomic mass is 10.1. The second-order valence-electron chi connectivity index (χ2n) is 8.00. The van der Waals surface area contributed by atoms with Gasteiger partial charge in [-0.1, -0.05) is 18.2 Å².